The number of hydrogen-bond donors (Lipinski definition) is 2. The maximum absolute atomic E-state index is 5.34. The minimum atomic E-state index is 0.000532. The molecule has 64 valence electrons. The Labute approximate surface area is 80.6 Å². The van der Waals surface area contributed by atoms with E-state index in [0.29, 0.717) is 0 Å². The first-order chi connectivity index (χ1) is 5.79. The summed E-state index contributed by atoms with van der Waals surface area (Å²) < 4.78 is 1.04. The van der Waals surface area contributed by atoms with Crippen LogP contribution in [0, 0.1) is 0 Å². The zero-order valence-corrected chi connectivity index (χ0v) is 8.21. The molecular formula is C9H11BrN2. The summed E-state index contributed by atoms with van der Waals surface area (Å²) in [7, 11) is 0. The predicted octanol–water partition coefficient (Wildman–Crippen LogP) is 2.14. The third-order valence-electron chi connectivity index (χ3n) is 1.66. The van der Waals surface area contributed by atoms with Crippen molar-refractivity contribution in [2.45, 2.75) is 6.04 Å². The number of nitrogens with two attached hydrogens (primary N) is 1. The van der Waals surface area contributed by atoms with Crippen LogP contribution in [0.3, 0.4) is 0 Å². The summed E-state index contributed by atoms with van der Waals surface area (Å²) in [5.41, 5.74) is 3.75. The first-order valence-corrected chi connectivity index (χ1v) is 4.42. The van der Waals surface area contributed by atoms with Crippen LogP contribution < -0.4 is 11.3 Å². The lowest BCUT2D eigenvalue weighted by molar-refractivity contribution is 0.654. The Morgan fingerprint density at radius 2 is 2.17 bits per heavy atom. The molecule has 3 heteroatoms. The predicted molar refractivity (Wildman–Crippen MR) is 54.4 cm³/mol. The quantitative estimate of drug-likeness (QED) is 0.471. The molecule has 12 heavy (non-hydrogen) atoms. The van der Waals surface area contributed by atoms with Gasteiger partial charge in [-0.05, 0) is 11.6 Å². The topological polar surface area (TPSA) is 38.0 Å². The SMILES string of the molecule is C=CC(NN)c1ccccc1Br. The van der Waals surface area contributed by atoms with Crippen molar-refractivity contribution in [2.75, 3.05) is 0 Å². The number of benzene rings is 1. The van der Waals surface area contributed by atoms with Crippen molar-refractivity contribution >= 4 is 15.9 Å². The average Bonchev–Trinajstić information content (AvgIpc) is 2.10. The lowest BCUT2D eigenvalue weighted by Gasteiger charge is -2.12. The van der Waals surface area contributed by atoms with Gasteiger partial charge in [-0.2, -0.15) is 0 Å². The number of hydrogen-bond acceptors (Lipinski definition) is 2. The first kappa shape index (κ1) is 9.45. The molecular weight excluding hydrogens is 216 g/mol. The van der Waals surface area contributed by atoms with E-state index in [2.05, 4.69) is 27.9 Å². The average molecular weight is 227 g/mol. The Hall–Kier alpha value is -0.640. The van der Waals surface area contributed by atoms with Crippen LogP contribution in [0.1, 0.15) is 11.6 Å². The van der Waals surface area contributed by atoms with Crippen molar-refractivity contribution < 1.29 is 0 Å². The fraction of sp³-hybridized carbons (Fsp3) is 0.111. The van der Waals surface area contributed by atoms with Crippen LogP contribution in [0.2, 0.25) is 0 Å². The van der Waals surface area contributed by atoms with Gasteiger partial charge in [0.25, 0.3) is 0 Å². The Kier molecular flexibility index (Phi) is 3.47. The molecule has 0 fully saturated rings. The summed E-state index contributed by atoms with van der Waals surface area (Å²) in [4.78, 5) is 0. The van der Waals surface area contributed by atoms with Gasteiger partial charge in [0, 0.05) is 4.47 Å². The van der Waals surface area contributed by atoms with Gasteiger partial charge in [0.1, 0.15) is 0 Å². The fourth-order valence-electron chi connectivity index (χ4n) is 1.01. The Balaban J connectivity index is 3.00. The van der Waals surface area contributed by atoms with Crippen LogP contribution in [-0.2, 0) is 0 Å². The molecule has 3 N–H and O–H groups in total. The Morgan fingerprint density at radius 3 is 2.67 bits per heavy atom. The summed E-state index contributed by atoms with van der Waals surface area (Å²) in [5.74, 6) is 5.34. The van der Waals surface area contributed by atoms with E-state index in [-0.39, 0.29) is 6.04 Å². The van der Waals surface area contributed by atoms with Crippen LogP contribution >= 0.6 is 15.9 Å². The van der Waals surface area contributed by atoms with Gasteiger partial charge in [0.05, 0.1) is 6.04 Å². The van der Waals surface area contributed by atoms with Gasteiger partial charge in [0.15, 0.2) is 0 Å². The number of rotatable bonds is 3. The molecule has 1 aromatic rings. The first-order valence-electron chi connectivity index (χ1n) is 3.62. The maximum atomic E-state index is 5.34. The van der Waals surface area contributed by atoms with Crippen molar-refractivity contribution in [1.29, 1.82) is 0 Å². The second-order valence-electron chi connectivity index (χ2n) is 2.40. The lowest BCUT2D eigenvalue weighted by atomic mass is 10.1. The molecule has 0 aliphatic heterocycles. The highest BCUT2D eigenvalue weighted by Crippen LogP contribution is 2.22. The molecule has 0 bridgehead atoms. The number of halogens is 1. The fourth-order valence-corrected chi connectivity index (χ4v) is 1.54. The van der Waals surface area contributed by atoms with Crippen molar-refractivity contribution in [2.24, 2.45) is 5.84 Å². The van der Waals surface area contributed by atoms with Gasteiger partial charge in [-0.25, -0.2) is 5.43 Å². The highest BCUT2D eigenvalue weighted by atomic mass is 79.9. The van der Waals surface area contributed by atoms with Gasteiger partial charge >= 0.3 is 0 Å². The molecule has 0 aromatic heterocycles. The van der Waals surface area contributed by atoms with E-state index in [0.717, 1.165) is 10.0 Å². The summed E-state index contributed by atoms with van der Waals surface area (Å²) >= 11 is 3.44. The molecule has 0 saturated heterocycles. The van der Waals surface area contributed by atoms with Gasteiger partial charge in [-0.3, -0.25) is 5.84 Å². The molecule has 0 saturated carbocycles. The number of hydrazine groups is 1. The molecule has 0 aliphatic carbocycles. The largest absolute Gasteiger partial charge is 0.271 e. The van der Waals surface area contributed by atoms with E-state index in [1.165, 1.54) is 0 Å². The van der Waals surface area contributed by atoms with Crippen LogP contribution in [-0.4, -0.2) is 0 Å². The van der Waals surface area contributed by atoms with Crippen molar-refractivity contribution in [3.8, 4) is 0 Å². The smallest absolute Gasteiger partial charge is 0.0649 e. The highest BCUT2D eigenvalue weighted by Gasteiger charge is 2.06. The van der Waals surface area contributed by atoms with Gasteiger partial charge in [0.2, 0.25) is 0 Å². The molecule has 1 atom stereocenters. The summed E-state index contributed by atoms with van der Waals surface area (Å²) in [5, 5.41) is 0. The molecule has 0 heterocycles. The lowest BCUT2D eigenvalue weighted by Crippen LogP contribution is -2.26. The second kappa shape index (κ2) is 4.40. The van der Waals surface area contributed by atoms with E-state index in [4.69, 9.17) is 5.84 Å². The van der Waals surface area contributed by atoms with Gasteiger partial charge in [-0.1, -0.05) is 40.2 Å². The van der Waals surface area contributed by atoms with E-state index in [1.807, 2.05) is 24.3 Å². The van der Waals surface area contributed by atoms with Crippen LogP contribution in [0.5, 0.6) is 0 Å². The van der Waals surface area contributed by atoms with E-state index < -0.39 is 0 Å². The summed E-state index contributed by atoms with van der Waals surface area (Å²) in [6.45, 7) is 3.69. The number of nitrogens with one attached hydrogen (secondary N) is 1. The van der Waals surface area contributed by atoms with Gasteiger partial charge < -0.3 is 0 Å². The van der Waals surface area contributed by atoms with Crippen molar-refractivity contribution in [1.82, 2.24) is 5.43 Å². The highest BCUT2D eigenvalue weighted by molar-refractivity contribution is 9.10. The zero-order valence-electron chi connectivity index (χ0n) is 6.63. The second-order valence-corrected chi connectivity index (χ2v) is 3.26. The molecule has 0 radical (unpaired) electrons. The monoisotopic (exact) mass is 226 g/mol. The molecule has 0 amide bonds. The zero-order chi connectivity index (χ0) is 8.97. The minimum absolute atomic E-state index is 0.000532. The van der Waals surface area contributed by atoms with Gasteiger partial charge in [-0.15, -0.1) is 6.58 Å². The third kappa shape index (κ3) is 1.94. The van der Waals surface area contributed by atoms with E-state index in [1.54, 1.807) is 6.08 Å². The van der Waals surface area contributed by atoms with Crippen LogP contribution in [0.25, 0.3) is 0 Å². The molecule has 1 rings (SSSR count). The maximum Gasteiger partial charge on any atom is 0.0649 e. The summed E-state index contributed by atoms with van der Waals surface area (Å²) in [6, 6.07) is 7.90. The van der Waals surface area contributed by atoms with Crippen molar-refractivity contribution in [3.05, 3.63) is 47.0 Å². The normalized spacial score (nSPS) is 12.5. The molecule has 1 aromatic carbocycles. The van der Waals surface area contributed by atoms with Crippen LogP contribution in [0.15, 0.2) is 41.4 Å². The van der Waals surface area contributed by atoms with Crippen molar-refractivity contribution in [3.63, 3.8) is 0 Å². The van der Waals surface area contributed by atoms with E-state index in [9.17, 15) is 0 Å². The summed E-state index contributed by atoms with van der Waals surface area (Å²) in [6.07, 6.45) is 1.76. The standard InChI is InChI=1S/C9H11BrN2/c1-2-9(12-11)7-5-3-4-6-8(7)10/h2-6,9,12H,1,11H2. The molecule has 1 unspecified atom stereocenters. The van der Waals surface area contributed by atoms with E-state index >= 15 is 0 Å². The molecule has 2 nitrogen and oxygen atoms in total. The molecule has 0 aliphatic rings. The Bertz CT molecular complexity index is 273. The van der Waals surface area contributed by atoms with Crippen LogP contribution in [0.4, 0.5) is 0 Å². The minimum Gasteiger partial charge on any atom is -0.271 e. The Morgan fingerprint density at radius 1 is 1.50 bits per heavy atom. The molecule has 0 spiro atoms. The third-order valence-corrected chi connectivity index (χ3v) is 2.38.